The van der Waals surface area contributed by atoms with Crippen molar-refractivity contribution in [3.05, 3.63) is 146 Å². The number of esters is 3. The fraction of sp³-hybridized carbons (Fsp3) is 0.571. The van der Waals surface area contributed by atoms with Gasteiger partial charge in [-0.25, -0.2) is 0 Å². The molecule has 0 bridgehead atoms. The molecule has 0 fully saturated rings. The maximum atomic E-state index is 12.8. The SMILES string of the molecule is CC\C=C/C=C\C=C/C=C\CCCCCCCC(=O)OCC(COC(=O)CC/C=C\C/C=C\C/C=C\C/C=C\C/C=C\C/C=C\CC)OC(=O)CCCCCCCCC/C=C\C/C=C\CCCCC. The van der Waals surface area contributed by atoms with Crippen LogP contribution in [-0.4, -0.2) is 37.2 Å². The highest BCUT2D eigenvalue weighted by Gasteiger charge is 2.19. The Balaban J connectivity index is 4.58. The number of allylic oxidation sites excluding steroid dienone is 24. The first-order chi connectivity index (χ1) is 34.0. The molecule has 6 heteroatoms. The van der Waals surface area contributed by atoms with Crippen molar-refractivity contribution < 1.29 is 28.6 Å². The lowest BCUT2D eigenvalue weighted by Gasteiger charge is -2.18. The highest BCUT2D eigenvalue weighted by atomic mass is 16.6. The minimum absolute atomic E-state index is 0.123. The lowest BCUT2D eigenvalue weighted by molar-refractivity contribution is -0.166. The first kappa shape index (κ1) is 64.3. The van der Waals surface area contributed by atoms with E-state index < -0.39 is 6.10 Å². The van der Waals surface area contributed by atoms with E-state index in [2.05, 4.69) is 130 Å². The Bertz CT molecular complexity index is 1560. The molecule has 0 saturated heterocycles. The molecule has 0 radical (unpaired) electrons. The number of hydrogen-bond donors (Lipinski definition) is 0. The first-order valence-electron chi connectivity index (χ1n) is 27.4. The molecule has 0 aromatic carbocycles. The van der Waals surface area contributed by atoms with E-state index in [1.165, 1.54) is 44.9 Å². The van der Waals surface area contributed by atoms with E-state index in [-0.39, 0.29) is 37.5 Å². The second-order valence-corrected chi connectivity index (χ2v) is 17.5. The van der Waals surface area contributed by atoms with Gasteiger partial charge in [0.1, 0.15) is 13.2 Å². The smallest absolute Gasteiger partial charge is 0.306 e. The molecule has 1 atom stereocenters. The standard InChI is InChI=1S/C63H98O6/c1-4-7-10-13-16-19-22-25-28-30-31-33-35-38-41-44-47-50-53-56-62(65)68-59-60(58-67-61(64)55-52-49-46-43-40-37-34-27-24-21-18-15-12-9-6-3)69-63(66)57-54-51-48-45-42-39-36-32-29-26-23-20-17-14-11-8-5-2/h7,9-10,12,15-21,24-29,31,33-34,38,41,47,50,60H,4-6,8,11,13-14,22-23,30,32,35-37,39-40,42-46,48-49,51-59H2,1-3H3/b10-7-,12-9-,18-15-,19-16-,20-17-,24-21-,28-25-,29-26-,33-31-,34-27-,41-38-,50-47-. The van der Waals surface area contributed by atoms with Gasteiger partial charge in [-0.3, -0.25) is 14.4 Å². The number of ether oxygens (including phenoxy) is 3. The summed E-state index contributed by atoms with van der Waals surface area (Å²) in [5, 5.41) is 0. The van der Waals surface area contributed by atoms with E-state index in [9.17, 15) is 14.4 Å². The van der Waals surface area contributed by atoms with Gasteiger partial charge >= 0.3 is 17.9 Å². The molecule has 0 heterocycles. The molecule has 0 aromatic rings. The molecule has 0 aromatic heterocycles. The van der Waals surface area contributed by atoms with Gasteiger partial charge in [0, 0.05) is 19.3 Å². The molecule has 6 nitrogen and oxygen atoms in total. The van der Waals surface area contributed by atoms with Gasteiger partial charge in [-0.15, -0.1) is 0 Å². The van der Waals surface area contributed by atoms with Crippen molar-refractivity contribution >= 4 is 17.9 Å². The number of rotatable bonds is 47. The third-order valence-electron chi connectivity index (χ3n) is 10.9. The number of carbonyl (C=O) groups is 3. The molecule has 0 N–H and O–H groups in total. The van der Waals surface area contributed by atoms with Gasteiger partial charge < -0.3 is 14.2 Å². The van der Waals surface area contributed by atoms with Crippen molar-refractivity contribution in [2.75, 3.05) is 13.2 Å². The van der Waals surface area contributed by atoms with Crippen LogP contribution in [0.2, 0.25) is 0 Å². The summed E-state index contributed by atoms with van der Waals surface area (Å²) in [4.78, 5) is 38.1. The maximum Gasteiger partial charge on any atom is 0.306 e. The van der Waals surface area contributed by atoms with Crippen LogP contribution in [0.1, 0.15) is 213 Å². The Labute approximate surface area is 423 Å². The molecular formula is C63H98O6. The maximum absolute atomic E-state index is 12.8. The lowest BCUT2D eigenvalue weighted by atomic mass is 10.1. The Morgan fingerprint density at radius 3 is 1.14 bits per heavy atom. The van der Waals surface area contributed by atoms with Crippen LogP contribution in [0.4, 0.5) is 0 Å². The normalized spacial score (nSPS) is 13.3. The van der Waals surface area contributed by atoms with Crippen molar-refractivity contribution in [1.82, 2.24) is 0 Å². The summed E-state index contributed by atoms with van der Waals surface area (Å²) in [6, 6.07) is 0. The molecule has 0 saturated carbocycles. The molecule has 0 aliphatic rings. The van der Waals surface area contributed by atoms with Crippen molar-refractivity contribution in [2.45, 2.75) is 219 Å². The average molecular weight is 951 g/mol. The topological polar surface area (TPSA) is 78.9 Å². The second-order valence-electron chi connectivity index (χ2n) is 17.5. The van der Waals surface area contributed by atoms with Gasteiger partial charge in [-0.05, 0) is 109 Å². The summed E-state index contributed by atoms with van der Waals surface area (Å²) in [5.41, 5.74) is 0. The number of hydrogen-bond acceptors (Lipinski definition) is 6. The molecule has 0 aliphatic carbocycles. The summed E-state index contributed by atoms with van der Waals surface area (Å²) >= 11 is 0. The van der Waals surface area contributed by atoms with E-state index in [1.807, 2.05) is 36.5 Å². The molecule has 0 spiro atoms. The quantitative estimate of drug-likeness (QED) is 0.0199. The van der Waals surface area contributed by atoms with Crippen molar-refractivity contribution in [1.29, 1.82) is 0 Å². The van der Waals surface area contributed by atoms with Crippen LogP contribution in [0.15, 0.2) is 146 Å². The fourth-order valence-electron chi connectivity index (χ4n) is 6.86. The minimum Gasteiger partial charge on any atom is -0.462 e. The number of unbranched alkanes of at least 4 members (excludes halogenated alkanes) is 15. The zero-order valence-electron chi connectivity index (χ0n) is 44.0. The van der Waals surface area contributed by atoms with Crippen LogP contribution in [-0.2, 0) is 28.6 Å². The zero-order valence-corrected chi connectivity index (χ0v) is 44.0. The van der Waals surface area contributed by atoms with Crippen LogP contribution in [0.5, 0.6) is 0 Å². The average Bonchev–Trinajstić information content (AvgIpc) is 3.35. The van der Waals surface area contributed by atoms with Crippen LogP contribution in [0.3, 0.4) is 0 Å². The number of carbonyl (C=O) groups excluding carboxylic acids is 3. The van der Waals surface area contributed by atoms with Gasteiger partial charge in [0.15, 0.2) is 6.10 Å². The molecule has 0 rings (SSSR count). The molecular weight excluding hydrogens is 853 g/mol. The Morgan fingerprint density at radius 1 is 0.319 bits per heavy atom. The van der Waals surface area contributed by atoms with Gasteiger partial charge in [0.05, 0.1) is 0 Å². The van der Waals surface area contributed by atoms with E-state index in [4.69, 9.17) is 14.2 Å². The van der Waals surface area contributed by atoms with Gasteiger partial charge in [-0.1, -0.05) is 231 Å². The van der Waals surface area contributed by atoms with Crippen molar-refractivity contribution in [3.8, 4) is 0 Å². The van der Waals surface area contributed by atoms with E-state index in [0.717, 1.165) is 122 Å². The van der Waals surface area contributed by atoms with E-state index in [1.54, 1.807) is 0 Å². The summed E-state index contributed by atoms with van der Waals surface area (Å²) in [5.74, 6) is -1.05. The fourth-order valence-corrected chi connectivity index (χ4v) is 6.86. The van der Waals surface area contributed by atoms with Gasteiger partial charge in [-0.2, -0.15) is 0 Å². The summed E-state index contributed by atoms with van der Waals surface area (Å²) in [6.07, 6.45) is 79.8. The van der Waals surface area contributed by atoms with Crippen LogP contribution >= 0.6 is 0 Å². The predicted octanol–water partition coefficient (Wildman–Crippen LogP) is 18.4. The summed E-state index contributed by atoms with van der Waals surface area (Å²) < 4.78 is 16.7. The lowest BCUT2D eigenvalue weighted by Crippen LogP contribution is -2.30. The van der Waals surface area contributed by atoms with Crippen molar-refractivity contribution in [3.63, 3.8) is 0 Å². The molecule has 0 amide bonds. The second kappa shape index (κ2) is 55.9. The minimum atomic E-state index is -0.830. The summed E-state index contributed by atoms with van der Waals surface area (Å²) in [7, 11) is 0. The third kappa shape index (κ3) is 54.1. The molecule has 69 heavy (non-hydrogen) atoms. The van der Waals surface area contributed by atoms with E-state index >= 15 is 0 Å². The predicted molar refractivity (Wildman–Crippen MR) is 297 cm³/mol. The largest absolute Gasteiger partial charge is 0.462 e. The molecule has 386 valence electrons. The summed E-state index contributed by atoms with van der Waals surface area (Å²) in [6.45, 7) is 6.25. The van der Waals surface area contributed by atoms with Crippen molar-refractivity contribution in [2.24, 2.45) is 0 Å². The van der Waals surface area contributed by atoms with Gasteiger partial charge in [0.2, 0.25) is 0 Å². The van der Waals surface area contributed by atoms with Crippen LogP contribution < -0.4 is 0 Å². The highest BCUT2D eigenvalue weighted by molar-refractivity contribution is 5.71. The Hall–Kier alpha value is -4.71. The molecule has 0 aliphatic heterocycles. The Kier molecular flexibility index (Phi) is 52.1. The zero-order chi connectivity index (χ0) is 50.0. The van der Waals surface area contributed by atoms with E-state index in [0.29, 0.717) is 19.3 Å². The monoisotopic (exact) mass is 951 g/mol. The first-order valence-corrected chi connectivity index (χ1v) is 27.4. The molecule has 1 unspecified atom stereocenters. The van der Waals surface area contributed by atoms with Crippen LogP contribution in [0, 0.1) is 0 Å². The third-order valence-corrected chi connectivity index (χ3v) is 10.9. The highest BCUT2D eigenvalue weighted by Crippen LogP contribution is 2.13. The Morgan fingerprint density at radius 2 is 0.667 bits per heavy atom. The van der Waals surface area contributed by atoms with Crippen LogP contribution in [0.25, 0.3) is 0 Å². The van der Waals surface area contributed by atoms with Gasteiger partial charge in [0.25, 0.3) is 0 Å².